The lowest BCUT2D eigenvalue weighted by Gasteiger charge is -2.09. The van der Waals surface area contributed by atoms with E-state index in [0.717, 1.165) is 34.1 Å². The van der Waals surface area contributed by atoms with E-state index in [1.165, 1.54) is 16.5 Å². The molecule has 5 rings (SSSR count). The maximum atomic E-state index is 6.20. The van der Waals surface area contributed by atoms with Gasteiger partial charge in [0.2, 0.25) is 5.95 Å². The van der Waals surface area contributed by atoms with Crippen LogP contribution in [0.2, 0.25) is 0 Å². The molecular formula is C23H23N7. The van der Waals surface area contributed by atoms with E-state index < -0.39 is 0 Å². The van der Waals surface area contributed by atoms with Crippen molar-refractivity contribution < 1.29 is 0 Å². The Labute approximate surface area is 173 Å². The van der Waals surface area contributed by atoms with Gasteiger partial charge in [-0.05, 0) is 59.3 Å². The summed E-state index contributed by atoms with van der Waals surface area (Å²) in [5.41, 5.74) is 18.4. The Bertz CT molecular complexity index is 1330. The number of H-pyrrole nitrogens is 2. The van der Waals surface area contributed by atoms with Crippen molar-refractivity contribution in [1.82, 2.24) is 19.9 Å². The number of hydrogen-bond acceptors (Lipinski definition) is 5. The highest BCUT2D eigenvalue weighted by Gasteiger charge is 2.08. The Morgan fingerprint density at radius 3 is 2.73 bits per heavy atom. The van der Waals surface area contributed by atoms with Crippen molar-refractivity contribution in [2.75, 3.05) is 23.3 Å². The number of aromatic amines is 2. The number of fused-ring (bicyclic) bond motifs is 2. The number of aromatic nitrogens is 4. The summed E-state index contributed by atoms with van der Waals surface area (Å²) in [5, 5.41) is 5.59. The van der Waals surface area contributed by atoms with Crippen LogP contribution in [0.1, 0.15) is 16.7 Å². The number of rotatable bonds is 6. The SMILES string of the molecule is Nc1ccc2[nH]cc(CCNc3ncc(Cc4ccc5[nH]ccc5c4)c(N)n3)c2c1. The van der Waals surface area contributed by atoms with Crippen molar-refractivity contribution in [3.05, 3.63) is 77.7 Å². The van der Waals surface area contributed by atoms with Gasteiger partial charge in [0.25, 0.3) is 0 Å². The molecule has 7 nitrogen and oxygen atoms in total. The number of nitrogens with one attached hydrogen (secondary N) is 3. The third-order valence-corrected chi connectivity index (χ3v) is 5.38. The third-order valence-electron chi connectivity index (χ3n) is 5.38. The smallest absolute Gasteiger partial charge is 0.224 e. The zero-order chi connectivity index (χ0) is 20.5. The van der Waals surface area contributed by atoms with Crippen molar-refractivity contribution in [3.8, 4) is 0 Å². The van der Waals surface area contributed by atoms with E-state index in [2.05, 4.69) is 49.5 Å². The van der Waals surface area contributed by atoms with Gasteiger partial charge in [-0.2, -0.15) is 4.98 Å². The summed E-state index contributed by atoms with van der Waals surface area (Å²) in [4.78, 5) is 15.4. The van der Waals surface area contributed by atoms with Crippen molar-refractivity contribution in [2.24, 2.45) is 0 Å². The molecule has 0 aliphatic heterocycles. The maximum absolute atomic E-state index is 6.20. The molecule has 0 saturated heterocycles. The van der Waals surface area contributed by atoms with Gasteiger partial charge in [-0.3, -0.25) is 0 Å². The first-order valence-corrected chi connectivity index (χ1v) is 9.92. The second-order valence-electron chi connectivity index (χ2n) is 7.48. The molecule has 7 N–H and O–H groups in total. The Morgan fingerprint density at radius 1 is 0.933 bits per heavy atom. The van der Waals surface area contributed by atoms with E-state index in [0.29, 0.717) is 24.7 Å². The van der Waals surface area contributed by atoms with Crippen LogP contribution in [0.3, 0.4) is 0 Å². The van der Waals surface area contributed by atoms with E-state index in [4.69, 9.17) is 11.5 Å². The summed E-state index contributed by atoms with van der Waals surface area (Å²) in [5.74, 6) is 1.04. The molecule has 0 amide bonds. The topological polar surface area (TPSA) is 121 Å². The van der Waals surface area contributed by atoms with Crippen LogP contribution in [0.4, 0.5) is 17.5 Å². The molecule has 30 heavy (non-hydrogen) atoms. The van der Waals surface area contributed by atoms with Gasteiger partial charge in [0.15, 0.2) is 0 Å². The molecule has 0 radical (unpaired) electrons. The summed E-state index contributed by atoms with van der Waals surface area (Å²) >= 11 is 0. The fraction of sp³-hybridized carbons (Fsp3) is 0.130. The fourth-order valence-electron chi connectivity index (χ4n) is 3.79. The van der Waals surface area contributed by atoms with E-state index in [1.54, 1.807) is 6.20 Å². The van der Waals surface area contributed by atoms with Crippen LogP contribution in [0, 0.1) is 0 Å². The van der Waals surface area contributed by atoms with E-state index in [9.17, 15) is 0 Å². The zero-order valence-electron chi connectivity index (χ0n) is 16.4. The van der Waals surface area contributed by atoms with Gasteiger partial charge in [0, 0.05) is 59.2 Å². The summed E-state index contributed by atoms with van der Waals surface area (Å²) in [6, 6.07) is 14.3. The molecule has 7 heteroatoms. The number of benzene rings is 2. The minimum Gasteiger partial charge on any atom is -0.399 e. The maximum Gasteiger partial charge on any atom is 0.224 e. The molecule has 0 aliphatic rings. The van der Waals surface area contributed by atoms with Gasteiger partial charge in [0.05, 0.1) is 0 Å². The molecule has 2 aromatic carbocycles. The molecule has 3 aromatic heterocycles. The summed E-state index contributed by atoms with van der Waals surface area (Å²) in [6.07, 6.45) is 7.29. The van der Waals surface area contributed by atoms with E-state index in [1.807, 2.05) is 30.6 Å². The van der Waals surface area contributed by atoms with Gasteiger partial charge in [-0.1, -0.05) is 6.07 Å². The molecule has 0 saturated carbocycles. The van der Waals surface area contributed by atoms with Crippen LogP contribution in [0.5, 0.6) is 0 Å². The number of nitrogens with zero attached hydrogens (tertiary/aromatic N) is 2. The Kier molecular flexibility index (Phi) is 4.48. The van der Waals surface area contributed by atoms with Crippen LogP contribution >= 0.6 is 0 Å². The fourth-order valence-corrected chi connectivity index (χ4v) is 3.79. The molecule has 0 aliphatic carbocycles. The molecule has 0 unspecified atom stereocenters. The van der Waals surface area contributed by atoms with Gasteiger partial charge in [-0.25, -0.2) is 4.98 Å². The highest BCUT2D eigenvalue weighted by Crippen LogP contribution is 2.22. The molecule has 3 heterocycles. The quantitative estimate of drug-likeness (QED) is 0.279. The standard InChI is InChI=1S/C23H23N7/c24-18-2-4-21-19(11-18)16(12-28-21)6-8-27-23-29-13-17(22(25)30-23)10-14-1-3-20-15(9-14)5-7-26-20/h1-5,7,9,11-13,26,28H,6,8,10,24H2,(H3,25,27,29,30). The second kappa shape index (κ2) is 7.44. The van der Waals surface area contributed by atoms with Crippen molar-refractivity contribution in [2.45, 2.75) is 12.8 Å². The summed E-state index contributed by atoms with van der Waals surface area (Å²) in [7, 11) is 0. The lowest BCUT2D eigenvalue weighted by molar-refractivity contribution is 0.982. The molecule has 150 valence electrons. The van der Waals surface area contributed by atoms with Crippen LogP contribution < -0.4 is 16.8 Å². The Balaban J connectivity index is 1.24. The zero-order valence-corrected chi connectivity index (χ0v) is 16.4. The molecule has 0 fully saturated rings. The largest absolute Gasteiger partial charge is 0.399 e. The minimum absolute atomic E-state index is 0.501. The summed E-state index contributed by atoms with van der Waals surface area (Å²) < 4.78 is 0. The van der Waals surface area contributed by atoms with E-state index in [-0.39, 0.29) is 0 Å². The van der Waals surface area contributed by atoms with Gasteiger partial charge in [0.1, 0.15) is 5.82 Å². The van der Waals surface area contributed by atoms with Crippen LogP contribution in [-0.2, 0) is 12.8 Å². The van der Waals surface area contributed by atoms with E-state index >= 15 is 0 Å². The average molecular weight is 397 g/mol. The highest BCUT2D eigenvalue weighted by atomic mass is 15.1. The Hall–Kier alpha value is -4.00. The first-order valence-electron chi connectivity index (χ1n) is 9.92. The first kappa shape index (κ1) is 18.1. The summed E-state index contributed by atoms with van der Waals surface area (Å²) in [6.45, 7) is 0.699. The lowest BCUT2D eigenvalue weighted by Crippen LogP contribution is -2.10. The monoisotopic (exact) mass is 397 g/mol. The first-order chi connectivity index (χ1) is 14.7. The van der Waals surface area contributed by atoms with Crippen molar-refractivity contribution in [3.63, 3.8) is 0 Å². The normalized spacial score (nSPS) is 11.3. The minimum atomic E-state index is 0.501. The van der Waals surface area contributed by atoms with Gasteiger partial charge < -0.3 is 26.8 Å². The molecular weight excluding hydrogens is 374 g/mol. The van der Waals surface area contributed by atoms with Gasteiger partial charge in [-0.15, -0.1) is 0 Å². The molecule has 0 bridgehead atoms. The number of nitrogen functional groups attached to an aromatic ring is 2. The molecule has 5 aromatic rings. The Morgan fingerprint density at radius 2 is 1.83 bits per heavy atom. The predicted molar refractivity (Wildman–Crippen MR) is 122 cm³/mol. The molecule has 0 spiro atoms. The average Bonchev–Trinajstić information content (AvgIpc) is 3.36. The number of anilines is 3. The van der Waals surface area contributed by atoms with Crippen LogP contribution in [-0.4, -0.2) is 26.5 Å². The predicted octanol–water partition coefficient (Wildman–Crippen LogP) is 3.85. The molecule has 0 atom stereocenters. The van der Waals surface area contributed by atoms with Crippen molar-refractivity contribution >= 4 is 39.3 Å². The highest BCUT2D eigenvalue weighted by molar-refractivity contribution is 5.86. The van der Waals surface area contributed by atoms with Crippen LogP contribution in [0.25, 0.3) is 21.8 Å². The number of hydrogen-bond donors (Lipinski definition) is 5. The second-order valence-corrected chi connectivity index (χ2v) is 7.48. The lowest BCUT2D eigenvalue weighted by atomic mass is 10.1. The number of nitrogens with two attached hydrogens (primary N) is 2. The van der Waals surface area contributed by atoms with Gasteiger partial charge >= 0.3 is 0 Å². The van der Waals surface area contributed by atoms with Crippen LogP contribution in [0.15, 0.2) is 61.1 Å². The van der Waals surface area contributed by atoms with Crippen molar-refractivity contribution in [1.29, 1.82) is 0 Å². The third kappa shape index (κ3) is 3.53.